The lowest BCUT2D eigenvalue weighted by atomic mass is 9.99. The Hall–Kier alpha value is -2.29. The van der Waals surface area contributed by atoms with Gasteiger partial charge in [0, 0.05) is 12.5 Å². The molecule has 1 atom stereocenters. The number of hydrogen-bond donors (Lipinski definition) is 2. The number of nitro benzene ring substituents is 1. The number of halogens is 2. The zero-order valence-electron chi connectivity index (χ0n) is 10.6. The van der Waals surface area contributed by atoms with Gasteiger partial charge in [-0.25, -0.2) is 4.39 Å². The first-order chi connectivity index (χ1) is 9.15. The summed E-state index contributed by atoms with van der Waals surface area (Å²) in [4.78, 5) is 20.3. The molecule has 20 heavy (non-hydrogen) atoms. The summed E-state index contributed by atoms with van der Waals surface area (Å²) in [6.45, 7) is 1.16. The minimum atomic E-state index is -1.35. The molecule has 1 rings (SSSR count). The Morgan fingerprint density at radius 2 is 2.05 bits per heavy atom. The first-order valence-corrected chi connectivity index (χ1v) is 5.50. The Morgan fingerprint density at radius 3 is 2.55 bits per heavy atom. The number of carbonyl (C=O) groups is 1. The summed E-state index contributed by atoms with van der Waals surface area (Å²) in [5.74, 6) is -3.59. The third-order valence-electron chi connectivity index (χ3n) is 2.64. The summed E-state index contributed by atoms with van der Waals surface area (Å²) in [5, 5.41) is 10.4. The van der Waals surface area contributed by atoms with Gasteiger partial charge in [0.2, 0.25) is 11.7 Å². The molecule has 1 aromatic carbocycles. The van der Waals surface area contributed by atoms with E-state index in [1.54, 1.807) is 0 Å². The molecule has 0 aliphatic heterocycles. The molecule has 110 valence electrons. The highest BCUT2D eigenvalue weighted by Crippen LogP contribution is 2.26. The molecular weight excluding hydrogens is 276 g/mol. The third kappa shape index (κ3) is 3.60. The normalized spacial score (nSPS) is 13.6. The van der Waals surface area contributed by atoms with E-state index >= 15 is 0 Å². The van der Waals surface area contributed by atoms with Crippen molar-refractivity contribution in [3.8, 4) is 5.75 Å². The van der Waals surface area contributed by atoms with Crippen molar-refractivity contribution >= 4 is 11.6 Å². The zero-order valence-corrected chi connectivity index (χ0v) is 10.6. The van der Waals surface area contributed by atoms with Crippen LogP contribution in [0.15, 0.2) is 12.1 Å². The SMILES string of the molecule is CC(N)(CCOc1cc(F)c([N+](=O)[O-])cc1F)C(N)=O. The Bertz CT molecular complexity index is 549. The van der Waals surface area contributed by atoms with Crippen molar-refractivity contribution in [3.63, 3.8) is 0 Å². The Balaban J connectivity index is 2.78. The summed E-state index contributed by atoms with van der Waals surface area (Å²) in [6.07, 6.45) is -0.0274. The minimum Gasteiger partial charge on any atom is -0.490 e. The molecule has 0 aromatic heterocycles. The van der Waals surface area contributed by atoms with Crippen molar-refractivity contribution in [2.45, 2.75) is 18.9 Å². The van der Waals surface area contributed by atoms with Crippen molar-refractivity contribution in [3.05, 3.63) is 33.9 Å². The summed E-state index contributed by atoms with van der Waals surface area (Å²) in [5.41, 5.74) is 8.23. The number of primary amides is 1. The Morgan fingerprint density at radius 1 is 1.45 bits per heavy atom. The highest BCUT2D eigenvalue weighted by molar-refractivity contribution is 5.83. The fourth-order valence-electron chi connectivity index (χ4n) is 1.26. The monoisotopic (exact) mass is 289 g/mol. The Kier molecular flexibility index (Phi) is 4.56. The molecule has 9 heteroatoms. The maximum atomic E-state index is 13.4. The van der Waals surface area contributed by atoms with Crippen LogP contribution < -0.4 is 16.2 Å². The van der Waals surface area contributed by atoms with Crippen LogP contribution in [0, 0.1) is 21.7 Å². The first-order valence-electron chi connectivity index (χ1n) is 5.50. The maximum absolute atomic E-state index is 13.4. The number of rotatable bonds is 6. The van der Waals surface area contributed by atoms with Crippen LogP contribution in [0.3, 0.4) is 0 Å². The number of nitrogens with zero attached hydrogens (tertiary/aromatic N) is 1. The van der Waals surface area contributed by atoms with E-state index in [1.807, 2.05) is 0 Å². The van der Waals surface area contributed by atoms with Crippen molar-refractivity contribution in [2.75, 3.05) is 6.61 Å². The van der Waals surface area contributed by atoms with E-state index in [-0.39, 0.29) is 13.0 Å². The zero-order chi connectivity index (χ0) is 15.5. The molecule has 1 aromatic rings. The van der Waals surface area contributed by atoms with Crippen LogP contribution >= 0.6 is 0 Å². The lowest BCUT2D eigenvalue weighted by Crippen LogP contribution is -2.50. The van der Waals surface area contributed by atoms with Crippen LogP contribution in [0.2, 0.25) is 0 Å². The van der Waals surface area contributed by atoms with Gasteiger partial charge in [0.25, 0.3) is 0 Å². The second kappa shape index (κ2) is 5.78. The van der Waals surface area contributed by atoms with Crippen LogP contribution in [0.5, 0.6) is 5.75 Å². The molecule has 7 nitrogen and oxygen atoms in total. The van der Waals surface area contributed by atoms with Gasteiger partial charge in [-0.15, -0.1) is 0 Å². The lowest BCUT2D eigenvalue weighted by molar-refractivity contribution is -0.387. The number of nitrogens with two attached hydrogens (primary N) is 2. The summed E-state index contributed by atoms with van der Waals surface area (Å²) >= 11 is 0. The maximum Gasteiger partial charge on any atom is 0.307 e. The molecule has 1 amide bonds. The highest BCUT2D eigenvalue weighted by Gasteiger charge is 2.26. The van der Waals surface area contributed by atoms with Crippen LogP contribution in [0.25, 0.3) is 0 Å². The van der Waals surface area contributed by atoms with Gasteiger partial charge in [-0.3, -0.25) is 14.9 Å². The van der Waals surface area contributed by atoms with Crippen LogP contribution in [-0.2, 0) is 4.79 Å². The largest absolute Gasteiger partial charge is 0.490 e. The molecule has 0 heterocycles. The number of amides is 1. The second-order valence-corrected chi connectivity index (χ2v) is 4.37. The quantitative estimate of drug-likeness (QED) is 0.593. The summed E-state index contributed by atoms with van der Waals surface area (Å²) < 4.78 is 31.6. The molecule has 0 aliphatic rings. The first kappa shape index (κ1) is 15.8. The van der Waals surface area contributed by atoms with Gasteiger partial charge in [0.05, 0.1) is 23.1 Å². The predicted octanol–water partition coefficient (Wildman–Crippen LogP) is 0.845. The van der Waals surface area contributed by atoms with E-state index in [1.165, 1.54) is 6.92 Å². The molecule has 0 fully saturated rings. The van der Waals surface area contributed by atoms with Gasteiger partial charge in [0.1, 0.15) is 0 Å². The average molecular weight is 289 g/mol. The van der Waals surface area contributed by atoms with E-state index in [0.717, 1.165) is 0 Å². The fourth-order valence-corrected chi connectivity index (χ4v) is 1.26. The number of benzene rings is 1. The Labute approximate surface area is 112 Å². The smallest absolute Gasteiger partial charge is 0.307 e. The molecule has 0 saturated carbocycles. The predicted molar refractivity (Wildman–Crippen MR) is 64.9 cm³/mol. The van der Waals surface area contributed by atoms with Crippen LogP contribution in [0.4, 0.5) is 14.5 Å². The second-order valence-electron chi connectivity index (χ2n) is 4.37. The van der Waals surface area contributed by atoms with Gasteiger partial charge >= 0.3 is 5.69 Å². The van der Waals surface area contributed by atoms with Gasteiger partial charge in [0.15, 0.2) is 11.6 Å². The van der Waals surface area contributed by atoms with Gasteiger partial charge < -0.3 is 16.2 Å². The molecule has 1 unspecified atom stereocenters. The topological polar surface area (TPSA) is 121 Å². The molecule has 0 saturated heterocycles. The van der Waals surface area contributed by atoms with Crippen molar-refractivity contribution in [1.29, 1.82) is 0 Å². The highest BCUT2D eigenvalue weighted by atomic mass is 19.1. The minimum absolute atomic E-state index is 0.0274. The van der Waals surface area contributed by atoms with Crippen LogP contribution in [0.1, 0.15) is 13.3 Å². The van der Waals surface area contributed by atoms with Crippen molar-refractivity contribution < 1.29 is 23.2 Å². The molecule has 0 aliphatic carbocycles. The molecule has 0 spiro atoms. The van der Waals surface area contributed by atoms with E-state index in [4.69, 9.17) is 16.2 Å². The number of carbonyl (C=O) groups excluding carboxylic acids is 1. The number of hydrogen-bond acceptors (Lipinski definition) is 5. The van der Waals surface area contributed by atoms with Crippen molar-refractivity contribution in [1.82, 2.24) is 0 Å². The third-order valence-corrected chi connectivity index (χ3v) is 2.64. The van der Waals surface area contributed by atoms with Gasteiger partial charge in [-0.05, 0) is 6.92 Å². The molecule has 0 bridgehead atoms. The summed E-state index contributed by atoms with van der Waals surface area (Å²) in [7, 11) is 0. The lowest BCUT2D eigenvalue weighted by Gasteiger charge is -2.20. The van der Waals surface area contributed by atoms with E-state index in [0.29, 0.717) is 12.1 Å². The van der Waals surface area contributed by atoms with Gasteiger partial charge in [-0.1, -0.05) is 0 Å². The molecular formula is C11H13F2N3O4. The fraction of sp³-hybridized carbons (Fsp3) is 0.364. The molecule has 0 radical (unpaired) electrons. The number of nitro groups is 1. The van der Waals surface area contributed by atoms with Crippen molar-refractivity contribution in [2.24, 2.45) is 11.5 Å². The van der Waals surface area contributed by atoms with E-state index in [9.17, 15) is 23.7 Å². The molecule has 4 N–H and O–H groups in total. The van der Waals surface area contributed by atoms with Gasteiger partial charge in [-0.2, -0.15) is 4.39 Å². The van der Waals surface area contributed by atoms with Crippen LogP contribution in [-0.4, -0.2) is 23.0 Å². The number of ether oxygens (including phenoxy) is 1. The van der Waals surface area contributed by atoms with E-state index < -0.39 is 39.4 Å². The van der Waals surface area contributed by atoms with E-state index in [2.05, 4.69) is 0 Å². The standard InChI is InChI=1S/C11H13F2N3O4/c1-11(15,10(14)17)2-3-20-9-5-6(12)8(16(18)19)4-7(9)13/h4-5H,2-3,15H2,1H3,(H2,14,17). The average Bonchev–Trinajstić information content (AvgIpc) is 2.32. The summed E-state index contributed by atoms with van der Waals surface area (Å²) in [6, 6.07) is 0.978.